The Hall–Kier alpha value is -1.90. The van der Waals surface area contributed by atoms with Gasteiger partial charge in [0.05, 0.1) is 20.2 Å². The van der Waals surface area contributed by atoms with Gasteiger partial charge in [-0.2, -0.15) is 0 Å². The van der Waals surface area contributed by atoms with Gasteiger partial charge >= 0.3 is 0 Å². The van der Waals surface area contributed by atoms with E-state index in [9.17, 15) is 0 Å². The summed E-state index contributed by atoms with van der Waals surface area (Å²) in [6.07, 6.45) is 4.08. The lowest BCUT2D eigenvalue weighted by Gasteiger charge is -2.12. The van der Waals surface area contributed by atoms with Crippen molar-refractivity contribution in [2.24, 2.45) is 4.99 Å². The minimum atomic E-state index is 0. The van der Waals surface area contributed by atoms with Crippen LogP contribution in [0.3, 0.4) is 0 Å². The zero-order valence-electron chi connectivity index (χ0n) is 14.8. The molecular weight excluding hydrogens is 431 g/mol. The van der Waals surface area contributed by atoms with Crippen LogP contribution in [0.5, 0.6) is 11.5 Å². The van der Waals surface area contributed by atoms with E-state index in [0.29, 0.717) is 13.2 Å². The van der Waals surface area contributed by atoms with E-state index in [1.54, 1.807) is 7.11 Å². The van der Waals surface area contributed by atoms with Crippen LogP contribution < -0.4 is 20.1 Å². The van der Waals surface area contributed by atoms with Crippen LogP contribution in [-0.2, 0) is 6.54 Å². The third-order valence-electron chi connectivity index (χ3n) is 3.36. The molecule has 0 spiro atoms. The van der Waals surface area contributed by atoms with Crippen LogP contribution in [0.25, 0.3) is 0 Å². The largest absolute Gasteiger partial charge is 0.497 e. The molecule has 0 aliphatic heterocycles. The zero-order chi connectivity index (χ0) is 17.0. The minimum Gasteiger partial charge on any atom is -0.497 e. The van der Waals surface area contributed by atoms with Crippen molar-refractivity contribution in [3.63, 3.8) is 0 Å². The van der Waals surface area contributed by atoms with E-state index < -0.39 is 0 Å². The lowest BCUT2D eigenvalue weighted by molar-refractivity contribution is 0.321. The highest BCUT2D eigenvalue weighted by atomic mass is 127. The fourth-order valence-corrected chi connectivity index (χ4v) is 2.15. The predicted octanol–water partition coefficient (Wildman–Crippen LogP) is 2.75. The average Bonchev–Trinajstić information content (AvgIpc) is 3.12. The molecule has 2 N–H and O–H groups in total. The Kier molecular flexibility index (Phi) is 10.5. The Morgan fingerprint density at radius 2 is 1.76 bits per heavy atom. The van der Waals surface area contributed by atoms with Crippen molar-refractivity contribution in [3.8, 4) is 11.5 Å². The van der Waals surface area contributed by atoms with Crippen molar-refractivity contribution < 1.29 is 9.47 Å². The van der Waals surface area contributed by atoms with Crippen molar-refractivity contribution in [1.82, 2.24) is 15.2 Å². The van der Waals surface area contributed by atoms with Gasteiger partial charge in [0, 0.05) is 25.5 Å². The summed E-state index contributed by atoms with van der Waals surface area (Å²) in [5.41, 5.74) is 0. The first-order valence-electron chi connectivity index (χ1n) is 8.21. The number of ether oxygens (including phenoxy) is 2. The van der Waals surface area contributed by atoms with Crippen LogP contribution in [0, 0.1) is 0 Å². The highest BCUT2D eigenvalue weighted by Crippen LogP contribution is 2.16. The summed E-state index contributed by atoms with van der Waals surface area (Å²) in [5.74, 6) is 2.46. The second-order valence-electron chi connectivity index (χ2n) is 5.13. The van der Waals surface area contributed by atoms with Crippen LogP contribution in [0.15, 0.2) is 53.8 Å². The van der Waals surface area contributed by atoms with Crippen molar-refractivity contribution in [2.75, 3.05) is 33.4 Å². The molecule has 0 saturated carbocycles. The number of guanidine groups is 1. The van der Waals surface area contributed by atoms with Crippen molar-refractivity contribution >= 4 is 29.9 Å². The smallest absolute Gasteiger partial charge is 0.191 e. The van der Waals surface area contributed by atoms with E-state index in [1.807, 2.05) is 48.8 Å². The van der Waals surface area contributed by atoms with E-state index >= 15 is 0 Å². The highest BCUT2D eigenvalue weighted by molar-refractivity contribution is 14.0. The molecule has 0 fully saturated rings. The number of nitrogens with one attached hydrogen (secondary N) is 2. The highest BCUT2D eigenvalue weighted by Gasteiger charge is 1.98. The van der Waals surface area contributed by atoms with Crippen molar-refractivity contribution in [3.05, 3.63) is 48.8 Å². The van der Waals surface area contributed by atoms with Crippen LogP contribution in [0.1, 0.15) is 6.92 Å². The van der Waals surface area contributed by atoms with Crippen molar-refractivity contribution in [1.29, 1.82) is 0 Å². The quantitative estimate of drug-likeness (QED) is 0.263. The molecule has 0 unspecified atom stereocenters. The van der Waals surface area contributed by atoms with Gasteiger partial charge in [-0.15, -0.1) is 24.0 Å². The molecule has 0 bridgehead atoms. The Morgan fingerprint density at radius 3 is 2.40 bits per heavy atom. The SMILES string of the molecule is CCNC(=NCCn1cccc1)NCCOc1ccc(OC)cc1.I. The molecule has 0 radical (unpaired) electrons. The van der Waals surface area contributed by atoms with Crippen molar-refractivity contribution in [2.45, 2.75) is 13.5 Å². The first kappa shape index (κ1) is 21.1. The number of aromatic nitrogens is 1. The van der Waals surface area contributed by atoms with Gasteiger partial charge in [0.15, 0.2) is 5.96 Å². The third kappa shape index (κ3) is 8.15. The first-order valence-corrected chi connectivity index (χ1v) is 8.21. The average molecular weight is 458 g/mol. The number of hydrogen-bond donors (Lipinski definition) is 2. The molecule has 1 aromatic carbocycles. The molecule has 0 aliphatic carbocycles. The Balaban J connectivity index is 0.00000312. The second kappa shape index (κ2) is 12.5. The molecule has 0 atom stereocenters. The van der Waals surface area contributed by atoms with Gasteiger partial charge in [-0.05, 0) is 43.3 Å². The molecule has 0 aliphatic rings. The molecule has 1 heterocycles. The summed E-state index contributed by atoms with van der Waals surface area (Å²) in [7, 11) is 1.65. The number of hydrogen-bond acceptors (Lipinski definition) is 3. The number of aliphatic imine (C=N–C) groups is 1. The van der Waals surface area contributed by atoms with Gasteiger partial charge < -0.3 is 24.7 Å². The topological polar surface area (TPSA) is 59.8 Å². The summed E-state index contributed by atoms with van der Waals surface area (Å²) in [6.45, 7) is 5.72. The lowest BCUT2D eigenvalue weighted by atomic mass is 10.3. The summed E-state index contributed by atoms with van der Waals surface area (Å²) >= 11 is 0. The standard InChI is InChI=1S/C18H26N4O2.HI/c1-3-19-18(20-10-14-22-12-4-5-13-22)21-11-15-24-17-8-6-16(23-2)7-9-17;/h4-9,12-13H,3,10-11,14-15H2,1-2H3,(H2,19,20,21);1H. The van der Waals surface area contributed by atoms with Crippen LogP contribution in [0.4, 0.5) is 0 Å². The zero-order valence-corrected chi connectivity index (χ0v) is 17.1. The molecular formula is C18H27IN4O2. The maximum Gasteiger partial charge on any atom is 0.191 e. The summed E-state index contributed by atoms with van der Waals surface area (Å²) < 4.78 is 12.9. The van der Waals surface area contributed by atoms with Crippen LogP contribution >= 0.6 is 24.0 Å². The maximum atomic E-state index is 5.69. The van der Waals surface area contributed by atoms with E-state index in [1.165, 1.54) is 0 Å². The van der Waals surface area contributed by atoms with E-state index in [0.717, 1.165) is 37.1 Å². The molecule has 7 heteroatoms. The van der Waals surface area contributed by atoms with Gasteiger partial charge in [-0.3, -0.25) is 4.99 Å². The van der Waals surface area contributed by atoms with Gasteiger partial charge in [0.1, 0.15) is 18.1 Å². The van der Waals surface area contributed by atoms with Gasteiger partial charge in [-0.25, -0.2) is 0 Å². The number of methoxy groups -OCH3 is 1. The number of rotatable bonds is 9. The third-order valence-corrected chi connectivity index (χ3v) is 3.36. The number of halogens is 1. The molecule has 6 nitrogen and oxygen atoms in total. The molecule has 0 saturated heterocycles. The first-order chi connectivity index (χ1) is 11.8. The second-order valence-corrected chi connectivity index (χ2v) is 5.13. The fraction of sp³-hybridized carbons (Fsp3) is 0.389. The minimum absolute atomic E-state index is 0. The predicted molar refractivity (Wildman–Crippen MR) is 112 cm³/mol. The maximum absolute atomic E-state index is 5.69. The molecule has 2 aromatic rings. The van der Waals surface area contributed by atoms with E-state index in [-0.39, 0.29) is 24.0 Å². The molecule has 2 rings (SSSR count). The van der Waals surface area contributed by atoms with Gasteiger partial charge in [-0.1, -0.05) is 0 Å². The molecule has 25 heavy (non-hydrogen) atoms. The van der Waals surface area contributed by atoms with Gasteiger partial charge in [0.2, 0.25) is 0 Å². The summed E-state index contributed by atoms with van der Waals surface area (Å²) in [4.78, 5) is 4.56. The Bertz CT molecular complexity index is 600. The molecule has 138 valence electrons. The van der Waals surface area contributed by atoms with Crippen LogP contribution in [0.2, 0.25) is 0 Å². The van der Waals surface area contributed by atoms with Gasteiger partial charge in [0.25, 0.3) is 0 Å². The van der Waals surface area contributed by atoms with Crippen LogP contribution in [-0.4, -0.2) is 43.9 Å². The lowest BCUT2D eigenvalue weighted by Crippen LogP contribution is -2.39. The Labute approximate surface area is 166 Å². The van der Waals surface area contributed by atoms with E-state index in [4.69, 9.17) is 9.47 Å². The molecule has 0 amide bonds. The van der Waals surface area contributed by atoms with E-state index in [2.05, 4.69) is 27.1 Å². The monoisotopic (exact) mass is 458 g/mol. The number of benzene rings is 1. The normalized spacial score (nSPS) is 10.7. The fourth-order valence-electron chi connectivity index (χ4n) is 2.15. The summed E-state index contributed by atoms with van der Waals surface area (Å²) in [5, 5.41) is 6.51. The molecule has 1 aromatic heterocycles. The summed E-state index contributed by atoms with van der Waals surface area (Å²) in [6, 6.07) is 11.6. The Morgan fingerprint density at radius 1 is 1.08 bits per heavy atom. The number of nitrogens with zero attached hydrogens (tertiary/aromatic N) is 2.